The summed E-state index contributed by atoms with van der Waals surface area (Å²) in [7, 11) is 0. The largest absolute Gasteiger partial charge is 0.392 e. The van der Waals surface area contributed by atoms with Gasteiger partial charge in [0.15, 0.2) is 0 Å². The van der Waals surface area contributed by atoms with E-state index < -0.39 is 0 Å². The topological polar surface area (TPSA) is 32.3 Å². The maximum atomic E-state index is 9.96. The smallest absolute Gasteiger partial charge is 0.0667 e. The number of hydrogen-bond acceptors (Lipinski definition) is 2. The summed E-state index contributed by atoms with van der Waals surface area (Å²) >= 11 is 0. The van der Waals surface area contributed by atoms with Gasteiger partial charge in [0.05, 0.1) is 6.10 Å². The van der Waals surface area contributed by atoms with Gasteiger partial charge in [-0.2, -0.15) is 0 Å². The van der Waals surface area contributed by atoms with Crippen LogP contribution in [0.2, 0.25) is 0 Å². The molecule has 102 valence electrons. The lowest BCUT2D eigenvalue weighted by atomic mass is 9.82. The Morgan fingerprint density at radius 1 is 1.18 bits per heavy atom. The van der Waals surface area contributed by atoms with Crippen LogP contribution >= 0.6 is 0 Å². The molecule has 2 N–H and O–H groups in total. The highest BCUT2D eigenvalue weighted by molar-refractivity contribution is 4.75. The van der Waals surface area contributed by atoms with Crippen LogP contribution in [0.4, 0.5) is 0 Å². The fourth-order valence-corrected chi connectivity index (χ4v) is 2.49. The fourth-order valence-electron chi connectivity index (χ4n) is 2.49. The van der Waals surface area contributed by atoms with Crippen molar-refractivity contribution >= 4 is 0 Å². The van der Waals surface area contributed by atoms with Gasteiger partial charge >= 0.3 is 0 Å². The molecule has 0 spiro atoms. The van der Waals surface area contributed by atoms with Crippen LogP contribution in [0.1, 0.15) is 59.8 Å². The second-order valence-electron chi connectivity index (χ2n) is 6.97. The van der Waals surface area contributed by atoms with Crippen molar-refractivity contribution in [2.75, 3.05) is 13.1 Å². The Morgan fingerprint density at radius 2 is 1.76 bits per heavy atom. The minimum atomic E-state index is -0.148. The zero-order chi connectivity index (χ0) is 12.9. The lowest BCUT2D eigenvalue weighted by molar-refractivity contribution is 0.135. The minimum Gasteiger partial charge on any atom is -0.392 e. The molecule has 0 aromatic heterocycles. The molecular formula is C15H31NO. The Kier molecular flexibility index (Phi) is 5.94. The van der Waals surface area contributed by atoms with Gasteiger partial charge in [-0.1, -0.05) is 53.4 Å². The lowest BCUT2D eigenvalue weighted by Crippen LogP contribution is -2.35. The summed E-state index contributed by atoms with van der Waals surface area (Å²) in [5, 5.41) is 13.4. The van der Waals surface area contributed by atoms with E-state index in [1.54, 1.807) is 0 Å². The third-order valence-corrected chi connectivity index (χ3v) is 4.39. The molecular weight excluding hydrogens is 210 g/mol. The summed E-state index contributed by atoms with van der Waals surface area (Å²) in [6, 6.07) is 0. The number of rotatable bonds is 6. The Labute approximate surface area is 107 Å². The highest BCUT2D eigenvalue weighted by Gasteiger charge is 2.21. The van der Waals surface area contributed by atoms with Crippen molar-refractivity contribution in [1.82, 2.24) is 5.32 Å². The molecule has 0 aliphatic heterocycles. The van der Waals surface area contributed by atoms with Crippen LogP contribution in [-0.2, 0) is 0 Å². The van der Waals surface area contributed by atoms with E-state index in [1.807, 2.05) is 0 Å². The zero-order valence-corrected chi connectivity index (χ0v) is 12.1. The van der Waals surface area contributed by atoms with Gasteiger partial charge in [0, 0.05) is 6.54 Å². The molecule has 0 radical (unpaired) electrons. The van der Waals surface area contributed by atoms with Gasteiger partial charge in [-0.3, -0.25) is 0 Å². The summed E-state index contributed by atoms with van der Waals surface area (Å²) < 4.78 is 0. The van der Waals surface area contributed by atoms with E-state index >= 15 is 0 Å². The monoisotopic (exact) mass is 241 g/mol. The quantitative estimate of drug-likeness (QED) is 0.748. The Morgan fingerprint density at radius 3 is 2.29 bits per heavy atom. The average molecular weight is 241 g/mol. The highest BCUT2D eigenvalue weighted by Crippen LogP contribution is 2.28. The minimum absolute atomic E-state index is 0.148. The summed E-state index contributed by atoms with van der Waals surface area (Å²) in [4.78, 5) is 0. The van der Waals surface area contributed by atoms with Gasteiger partial charge in [-0.25, -0.2) is 0 Å². The van der Waals surface area contributed by atoms with E-state index in [-0.39, 0.29) is 6.10 Å². The van der Waals surface area contributed by atoms with E-state index in [0.717, 1.165) is 25.4 Å². The van der Waals surface area contributed by atoms with Crippen molar-refractivity contribution in [2.45, 2.75) is 65.9 Å². The zero-order valence-electron chi connectivity index (χ0n) is 12.1. The van der Waals surface area contributed by atoms with Crippen molar-refractivity contribution in [3.05, 3.63) is 0 Å². The van der Waals surface area contributed by atoms with Crippen LogP contribution in [0.3, 0.4) is 0 Å². The molecule has 1 saturated carbocycles. The van der Waals surface area contributed by atoms with Crippen LogP contribution in [0.5, 0.6) is 0 Å². The molecule has 0 bridgehead atoms. The first-order valence-electron chi connectivity index (χ1n) is 7.28. The SMILES string of the molecule is CC(CNCC(O)CC1CCCC1)C(C)(C)C. The first kappa shape index (κ1) is 15.0. The van der Waals surface area contributed by atoms with Crippen LogP contribution in [-0.4, -0.2) is 24.3 Å². The van der Waals surface area contributed by atoms with E-state index in [9.17, 15) is 5.11 Å². The number of aliphatic hydroxyl groups is 1. The van der Waals surface area contributed by atoms with Gasteiger partial charge in [0.25, 0.3) is 0 Å². The van der Waals surface area contributed by atoms with Crippen LogP contribution < -0.4 is 5.32 Å². The molecule has 0 amide bonds. The predicted octanol–water partition coefficient (Wildman–Crippen LogP) is 3.20. The second-order valence-corrected chi connectivity index (χ2v) is 6.97. The Bertz CT molecular complexity index is 203. The van der Waals surface area contributed by atoms with Crippen LogP contribution in [0, 0.1) is 17.3 Å². The molecule has 0 saturated heterocycles. The van der Waals surface area contributed by atoms with E-state index in [4.69, 9.17) is 0 Å². The standard InChI is InChI=1S/C15H31NO/c1-12(15(2,3)4)10-16-11-14(17)9-13-7-5-6-8-13/h12-14,16-17H,5-11H2,1-4H3. The number of hydrogen-bond donors (Lipinski definition) is 2. The number of aliphatic hydroxyl groups excluding tert-OH is 1. The molecule has 1 aliphatic carbocycles. The van der Waals surface area contributed by atoms with E-state index in [0.29, 0.717) is 11.3 Å². The van der Waals surface area contributed by atoms with Gasteiger partial charge in [-0.05, 0) is 30.2 Å². The predicted molar refractivity (Wildman–Crippen MR) is 74.1 cm³/mol. The van der Waals surface area contributed by atoms with Crippen molar-refractivity contribution < 1.29 is 5.11 Å². The van der Waals surface area contributed by atoms with Gasteiger partial charge in [0.1, 0.15) is 0 Å². The molecule has 2 unspecified atom stereocenters. The van der Waals surface area contributed by atoms with Crippen molar-refractivity contribution in [1.29, 1.82) is 0 Å². The maximum absolute atomic E-state index is 9.96. The Balaban J connectivity index is 2.09. The number of nitrogens with one attached hydrogen (secondary N) is 1. The summed E-state index contributed by atoms with van der Waals surface area (Å²) in [5.41, 5.74) is 0.351. The third kappa shape index (κ3) is 5.87. The van der Waals surface area contributed by atoms with Crippen molar-refractivity contribution in [3.63, 3.8) is 0 Å². The molecule has 0 heterocycles. The molecule has 2 nitrogen and oxygen atoms in total. The van der Waals surface area contributed by atoms with Crippen LogP contribution in [0.15, 0.2) is 0 Å². The Hall–Kier alpha value is -0.0800. The summed E-state index contributed by atoms with van der Waals surface area (Å²) in [5.74, 6) is 1.42. The van der Waals surface area contributed by atoms with E-state index in [1.165, 1.54) is 25.7 Å². The van der Waals surface area contributed by atoms with Crippen LogP contribution in [0.25, 0.3) is 0 Å². The molecule has 0 aromatic rings. The van der Waals surface area contributed by atoms with Gasteiger partial charge < -0.3 is 10.4 Å². The molecule has 1 fully saturated rings. The first-order chi connectivity index (χ1) is 7.89. The van der Waals surface area contributed by atoms with Gasteiger partial charge in [-0.15, -0.1) is 0 Å². The average Bonchev–Trinajstić information content (AvgIpc) is 2.68. The molecule has 0 aromatic carbocycles. The van der Waals surface area contributed by atoms with Gasteiger partial charge in [0.2, 0.25) is 0 Å². The first-order valence-corrected chi connectivity index (χ1v) is 7.28. The van der Waals surface area contributed by atoms with E-state index in [2.05, 4.69) is 33.0 Å². The molecule has 17 heavy (non-hydrogen) atoms. The van der Waals surface area contributed by atoms with Crippen molar-refractivity contribution in [3.8, 4) is 0 Å². The molecule has 2 heteroatoms. The summed E-state index contributed by atoms with van der Waals surface area (Å²) in [6.07, 6.45) is 6.24. The highest BCUT2D eigenvalue weighted by atomic mass is 16.3. The molecule has 2 atom stereocenters. The second kappa shape index (κ2) is 6.75. The lowest BCUT2D eigenvalue weighted by Gasteiger charge is -2.28. The van der Waals surface area contributed by atoms with Crippen molar-refractivity contribution in [2.24, 2.45) is 17.3 Å². The molecule has 1 aliphatic rings. The normalized spacial score (nSPS) is 21.7. The third-order valence-electron chi connectivity index (χ3n) is 4.39. The summed E-state index contributed by atoms with van der Waals surface area (Å²) in [6.45, 7) is 10.9. The maximum Gasteiger partial charge on any atom is 0.0667 e. The molecule has 1 rings (SSSR count). The fraction of sp³-hybridized carbons (Fsp3) is 1.00.